The summed E-state index contributed by atoms with van der Waals surface area (Å²) in [6.07, 6.45) is 0.190. The van der Waals surface area contributed by atoms with Crippen molar-refractivity contribution in [2.45, 2.75) is 12.5 Å². The molecule has 3 heterocycles. The minimum atomic E-state index is -0.461. The summed E-state index contributed by atoms with van der Waals surface area (Å²) < 4.78 is 11.1. The maximum Gasteiger partial charge on any atom is 0.416 e. The average molecular weight is 579 g/mol. The quantitative estimate of drug-likeness (QED) is 0.308. The normalized spacial score (nSPS) is 17.4. The standard InChI is InChI=1S/C30H28Cl2N4O4/c31-20-3-8-23(9-4-20)40-30(38)36-12-11-24-25-17-21(32)5-10-26(25)34-28(24)29(36)19-1-6-22(7-2-19)33-27(37)18-35-13-15-39-16-14-35/h1-10,17,29,34H,11-16,18H2,(H,33,37). The van der Waals surface area contributed by atoms with Gasteiger partial charge in [-0.2, -0.15) is 0 Å². The number of carbonyl (C=O) groups is 2. The molecule has 2 aliphatic heterocycles. The van der Waals surface area contributed by atoms with Gasteiger partial charge in [0.05, 0.1) is 19.8 Å². The smallest absolute Gasteiger partial charge is 0.410 e. The van der Waals surface area contributed by atoms with Gasteiger partial charge in [-0.15, -0.1) is 0 Å². The van der Waals surface area contributed by atoms with E-state index in [1.165, 1.54) is 0 Å². The molecule has 1 unspecified atom stereocenters. The third-order valence-corrected chi connectivity index (χ3v) is 7.81. The van der Waals surface area contributed by atoms with Crippen LogP contribution in [0.2, 0.25) is 10.0 Å². The van der Waals surface area contributed by atoms with Gasteiger partial charge < -0.3 is 19.8 Å². The van der Waals surface area contributed by atoms with Crippen LogP contribution in [0.3, 0.4) is 0 Å². The van der Waals surface area contributed by atoms with E-state index in [0.717, 1.165) is 40.8 Å². The van der Waals surface area contributed by atoms with Crippen molar-refractivity contribution < 1.29 is 19.1 Å². The Hall–Kier alpha value is -3.56. The van der Waals surface area contributed by atoms with Gasteiger partial charge in [0, 0.05) is 52.0 Å². The fourth-order valence-corrected chi connectivity index (χ4v) is 5.68. The third kappa shape index (κ3) is 5.67. The van der Waals surface area contributed by atoms with E-state index < -0.39 is 12.1 Å². The van der Waals surface area contributed by atoms with E-state index in [1.54, 1.807) is 29.2 Å². The number of hydrogen-bond donors (Lipinski definition) is 2. The van der Waals surface area contributed by atoms with E-state index in [-0.39, 0.29) is 5.91 Å². The van der Waals surface area contributed by atoms with Crippen molar-refractivity contribution in [2.75, 3.05) is 44.7 Å². The highest BCUT2D eigenvalue weighted by molar-refractivity contribution is 6.31. The van der Waals surface area contributed by atoms with Crippen molar-refractivity contribution in [3.05, 3.63) is 93.6 Å². The second-order valence-corrected chi connectivity index (χ2v) is 10.8. The highest BCUT2D eigenvalue weighted by atomic mass is 35.5. The van der Waals surface area contributed by atoms with Gasteiger partial charge in [-0.1, -0.05) is 35.3 Å². The molecule has 206 valence electrons. The van der Waals surface area contributed by atoms with Crippen LogP contribution in [0.1, 0.15) is 22.9 Å². The summed E-state index contributed by atoms with van der Waals surface area (Å²) in [5.74, 6) is 0.343. The number of halogens is 2. The van der Waals surface area contributed by atoms with Gasteiger partial charge in [-0.25, -0.2) is 4.79 Å². The minimum Gasteiger partial charge on any atom is -0.410 e. The summed E-state index contributed by atoms with van der Waals surface area (Å²) >= 11 is 12.3. The lowest BCUT2D eigenvalue weighted by Crippen LogP contribution is -2.42. The number of hydrogen-bond acceptors (Lipinski definition) is 5. The lowest BCUT2D eigenvalue weighted by atomic mass is 9.92. The van der Waals surface area contributed by atoms with Gasteiger partial charge in [0.2, 0.25) is 5.91 Å². The van der Waals surface area contributed by atoms with Gasteiger partial charge in [0.25, 0.3) is 0 Å². The van der Waals surface area contributed by atoms with Crippen LogP contribution < -0.4 is 10.1 Å². The zero-order valence-corrected chi connectivity index (χ0v) is 23.2. The molecule has 0 saturated carbocycles. The Balaban J connectivity index is 1.28. The van der Waals surface area contributed by atoms with Crippen LogP contribution in [0, 0.1) is 0 Å². The Morgan fingerprint density at radius 3 is 2.42 bits per heavy atom. The molecule has 2 aliphatic rings. The number of morpholine rings is 1. The number of aromatic amines is 1. The van der Waals surface area contributed by atoms with Crippen molar-refractivity contribution >= 4 is 51.8 Å². The molecule has 0 aliphatic carbocycles. The molecule has 0 spiro atoms. The molecule has 0 bridgehead atoms. The van der Waals surface area contributed by atoms with Crippen molar-refractivity contribution in [1.82, 2.24) is 14.8 Å². The summed E-state index contributed by atoms with van der Waals surface area (Å²) in [4.78, 5) is 33.4. The van der Waals surface area contributed by atoms with Gasteiger partial charge in [0.15, 0.2) is 0 Å². The van der Waals surface area contributed by atoms with Crippen LogP contribution in [0.5, 0.6) is 5.75 Å². The highest BCUT2D eigenvalue weighted by Crippen LogP contribution is 2.40. The molecule has 0 radical (unpaired) electrons. The second kappa shape index (κ2) is 11.5. The zero-order chi connectivity index (χ0) is 27.6. The van der Waals surface area contributed by atoms with E-state index in [4.69, 9.17) is 32.7 Å². The van der Waals surface area contributed by atoms with Crippen LogP contribution >= 0.6 is 23.2 Å². The number of carbonyl (C=O) groups excluding carboxylic acids is 2. The number of H-pyrrole nitrogens is 1. The first kappa shape index (κ1) is 26.7. The Kier molecular flexibility index (Phi) is 7.67. The number of rotatable bonds is 5. The van der Waals surface area contributed by atoms with Crippen molar-refractivity contribution in [3.63, 3.8) is 0 Å². The van der Waals surface area contributed by atoms with E-state index in [2.05, 4.69) is 15.2 Å². The molecular formula is C30H28Cl2N4O4. The molecular weight excluding hydrogens is 551 g/mol. The van der Waals surface area contributed by atoms with Crippen molar-refractivity contribution in [3.8, 4) is 5.75 Å². The number of benzene rings is 3. The first-order valence-electron chi connectivity index (χ1n) is 13.2. The van der Waals surface area contributed by atoms with Crippen LogP contribution in [0.15, 0.2) is 66.7 Å². The summed E-state index contributed by atoms with van der Waals surface area (Å²) in [5, 5.41) is 5.25. The van der Waals surface area contributed by atoms with Crippen molar-refractivity contribution in [2.24, 2.45) is 0 Å². The Labute approximate surface area is 241 Å². The summed E-state index contributed by atoms with van der Waals surface area (Å²) in [6, 6.07) is 19.6. The summed E-state index contributed by atoms with van der Waals surface area (Å²) in [7, 11) is 0. The van der Waals surface area contributed by atoms with E-state index in [0.29, 0.717) is 54.2 Å². The molecule has 8 nitrogen and oxygen atoms in total. The van der Waals surface area contributed by atoms with E-state index >= 15 is 0 Å². The number of nitrogens with zero attached hydrogens (tertiary/aromatic N) is 2. The Bertz CT molecular complexity index is 1530. The van der Waals surface area contributed by atoms with Crippen molar-refractivity contribution in [1.29, 1.82) is 0 Å². The number of nitrogens with one attached hydrogen (secondary N) is 2. The zero-order valence-electron chi connectivity index (χ0n) is 21.7. The molecule has 6 rings (SSSR count). The Morgan fingerprint density at radius 1 is 0.950 bits per heavy atom. The topological polar surface area (TPSA) is 86.9 Å². The van der Waals surface area contributed by atoms with Gasteiger partial charge in [-0.3, -0.25) is 14.6 Å². The van der Waals surface area contributed by atoms with Gasteiger partial charge in [0.1, 0.15) is 11.8 Å². The predicted molar refractivity (Wildman–Crippen MR) is 155 cm³/mol. The summed E-state index contributed by atoms with van der Waals surface area (Å²) in [6.45, 7) is 3.55. The number of anilines is 1. The van der Waals surface area contributed by atoms with Crippen LogP contribution in [0.25, 0.3) is 10.9 Å². The lowest BCUT2D eigenvalue weighted by Gasteiger charge is -2.35. The van der Waals surface area contributed by atoms with Gasteiger partial charge >= 0.3 is 6.09 Å². The number of ether oxygens (including phenoxy) is 2. The fourth-order valence-electron chi connectivity index (χ4n) is 5.38. The number of fused-ring (bicyclic) bond motifs is 3. The first-order valence-corrected chi connectivity index (χ1v) is 13.9. The summed E-state index contributed by atoms with van der Waals surface area (Å²) in [5.41, 5.74) is 4.58. The number of amides is 2. The van der Waals surface area contributed by atoms with Crippen LogP contribution in [-0.2, 0) is 16.0 Å². The van der Waals surface area contributed by atoms with Crippen LogP contribution in [0.4, 0.5) is 10.5 Å². The maximum atomic E-state index is 13.5. The molecule has 40 heavy (non-hydrogen) atoms. The second-order valence-electron chi connectivity index (χ2n) is 9.93. The predicted octanol–water partition coefficient (Wildman–Crippen LogP) is 5.89. The first-order chi connectivity index (χ1) is 19.4. The minimum absolute atomic E-state index is 0.0738. The van der Waals surface area contributed by atoms with E-state index in [9.17, 15) is 9.59 Å². The van der Waals surface area contributed by atoms with Gasteiger partial charge in [-0.05, 0) is 72.1 Å². The average Bonchev–Trinajstić information content (AvgIpc) is 3.32. The molecule has 1 aromatic heterocycles. The van der Waals surface area contributed by atoms with E-state index in [1.807, 2.05) is 42.5 Å². The largest absolute Gasteiger partial charge is 0.416 e. The molecule has 3 aromatic carbocycles. The molecule has 1 saturated heterocycles. The molecule has 2 amide bonds. The van der Waals surface area contributed by atoms with Crippen LogP contribution in [-0.4, -0.2) is 66.2 Å². The molecule has 2 N–H and O–H groups in total. The monoisotopic (exact) mass is 578 g/mol. The lowest BCUT2D eigenvalue weighted by molar-refractivity contribution is -0.118. The third-order valence-electron chi connectivity index (χ3n) is 7.32. The highest BCUT2D eigenvalue weighted by Gasteiger charge is 2.35. The molecule has 1 atom stereocenters. The molecule has 1 fully saturated rings. The maximum absolute atomic E-state index is 13.5. The molecule has 10 heteroatoms. The number of aromatic nitrogens is 1. The fraction of sp³-hybridized carbons (Fsp3) is 0.267. The Morgan fingerprint density at radius 2 is 1.68 bits per heavy atom. The molecule has 4 aromatic rings. The SMILES string of the molecule is O=C(CN1CCOCC1)Nc1ccc(C2c3[nH]c4ccc(Cl)cc4c3CCN2C(=O)Oc2ccc(Cl)cc2)cc1.